The molecule has 2 N–H and O–H groups in total. The highest BCUT2D eigenvalue weighted by Gasteiger charge is 2.29. The molecule has 5 nitrogen and oxygen atoms in total. The summed E-state index contributed by atoms with van der Waals surface area (Å²) in [6.45, 7) is 0. The van der Waals surface area contributed by atoms with Crippen LogP contribution < -0.4 is 4.72 Å². The van der Waals surface area contributed by atoms with Gasteiger partial charge in [-0.2, -0.15) is 0 Å². The van der Waals surface area contributed by atoms with Gasteiger partial charge in [0.1, 0.15) is 5.82 Å². The lowest BCUT2D eigenvalue weighted by molar-refractivity contribution is 0.595. The van der Waals surface area contributed by atoms with Gasteiger partial charge in [0.2, 0.25) is 10.0 Å². The molecule has 0 amide bonds. The van der Waals surface area contributed by atoms with Gasteiger partial charge in [-0.3, -0.25) is 4.72 Å². The van der Waals surface area contributed by atoms with E-state index in [0.29, 0.717) is 11.6 Å². The number of H-pyrrole nitrogens is 1. The molecule has 1 heterocycles. The zero-order chi connectivity index (χ0) is 16.9. The number of anilines is 1. The van der Waals surface area contributed by atoms with Crippen LogP contribution in [0.15, 0.2) is 18.3 Å². The van der Waals surface area contributed by atoms with Gasteiger partial charge in [-0.1, -0.05) is 11.6 Å². The second-order valence-electron chi connectivity index (χ2n) is 6.60. The number of benzene rings is 1. The Kier molecular flexibility index (Phi) is 3.80. The van der Waals surface area contributed by atoms with Crippen molar-refractivity contribution in [3.63, 3.8) is 0 Å². The topological polar surface area (TPSA) is 74.8 Å². The summed E-state index contributed by atoms with van der Waals surface area (Å²) in [5.74, 6) is 0.796. The maximum Gasteiger partial charge on any atom is 0.233 e. The Labute approximate surface area is 144 Å². The summed E-state index contributed by atoms with van der Waals surface area (Å²) in [4.78, 5) is 7.38. The largest absolute Gasteiger partial charge is 0.342 e. The number of hydrogen-bond acceptors (Lipinski definition) is 3. The molecule has 4 rings (SSSR count). The van der Waals surface area contributed by atoms with Crippen LogP contribution in [0.5, 0.6) is 0 Å². The predicted octanol–water partition coefficient (Wildman–Crippen LogP) is 3.90. The van der Waals surface area contributed by atoms with Crippen molar-refractivity contribution in [1.82, 2.24) is 9.97 Å². The number of aromatic amines is 1. The van der Waals surface area contributed by atoms with Crippen molar-refractivity contribution in [2.24, 2.45) is 5.92 Å². The van der Waals surface area contributed by atoms with Gasteiger partial charge in [-0.15, -0.1) is 0 Å². The average Bonchev–Trinajstić information content (AvgIpc) is 3.43. The molecule has 0 atom stereocenters. The molecule has 2 aliphatic carbocycles. The number of halogens is 2. The van der Waals surface area contributed by atoms with E-state index >= 15 is 0 Å². The molecule has 1 aromatic heterocycles. The molecular weight excluding hydrogens is 353 g/mol. The predicted molar refractivity (Wildman–Crippen MR) is 91.1 cm³/mol. The van der Waals surface area contributed by atoms with E-state index in [-0.39, 0.29) is 27.9 Å². The molecule has 0 spiro atoms. The maximum absolute atomic E-state index is 14.8. The first-order valence-electron chi connectivity index (χ1n) is 7.96. The third-order valence-electron chi connectivity index (χ3n) is 4.30. The highest BCUT2D eigenvalue weighted by atomic mass is 35.5. The van der Waals surface area contributed by atoms with E-state index < -0.39 is 15.8 Å². The summed E-state index contributed by atoms with van der Waals surface area (Å²) in [7, 11) is -3.58. The van der Waals surface area contributed by atoms with Gasteiger partial charge >= 0.3 is 0 Å². The molecule has 128 valence electrons. The number of nitrogens with zero attached hydrogens (tertiary/aromatic N) is 1. The molecule has 2 aromatic rings. The third kappa shape index (κ3) is 3.42. The molecule has 0 unspecified atom stereocenters. The molecule has 24 heavy (non-hydrogen) atoms. The van der Waals surface area contributed by atoms with Crippen LogP contribution in [0.2, 0.25) is 5.02 Å². The van der Waals surface area contributed by atoms with Gasteiger partial charge in [-0.25, -0.2) is 17.8 Å². The van der Waals surface area contributed by atoms with Crippen molar-refractivity contribution in [3.05, 3.63) is 35.0 Å². The Morgan fingerprint density at radius 1 is 1.29 bits per heavy atom. The van der Waals surface area contributed by atoms with E-state index in [2.05, 4.69) is 14.7 Å². The van der Waals surface area contributed by atoms with Crippen molar-refractivity contribution in [2.75, 3.05) is 10.5 Å². The second kappa shape index (κ2) is 5.74. The highest BCUT2D eigenvalue weighted by Crippen LogP contribution is 2.40. The summed E-state index contributed by atoms with van der Waals surface area (Å²) in [5.41, 5.74) is 0.589. The fourth-order valence-corrected chi connectivity index (χ4v) is 4.44. The van der Waals surface area contributed by atoms with Gasteiger partial charge in [0.15, 0.2) is 5.82 Å². The molecule has 0 aliphatic heterocycles. The molecule has 0 saturated heterocycles. The second-order valence-corrected chi connectivity index (χ2v) is 8.80. The molecule has 1 aromatic carbocycles. The van der Waals surface area contributed by atoms with E-state index in [4.69, 9.17) is 11.6 Å². The van der Waals surface area contributed by atoms with Gasteiger partial charge < -0.3 is 4.98 Å². The maximum atomic E-state index is 14.8. The van der Waals surface area contributed by atoms with Crippen LogP contribution in [-0.4, -0.2) is 24.1 Å². The van der Waals surface area contributed by atoms with Crippen LogP contribution in [0.25, 0.3) is 11.3 Å². The van der Waals surface area contributed by atoms with Gasteiger partial charge in [-0.05, 0) is 43.7 Å². The summed E-state index contributed by atoms with van der Waals surface area (Å²) >= 11 is 6.06. The minimum absolute atomic E-state index is 0.0180. The van der Waals surface area contributed by atoms with Crippen LogP contribution in [0.4, 0.5) is 10.1 Å². The molecule has 0 radical (unpaired) electrons. The lowest BCUT2D eigenvalue weighted by atomic mass is 10.1. The van der Waals surface area contributed by atoms with Crippen LogP contribution in [0.1, 0.15) is 37.4 Å². The van der Waals surface area contributed by atoms with Crippen LogP contribution in [-0.2, 0) is 10.0 Å². The number of sulfonamides is 1. The molecule has 2 saturated carbocycles. The smallest absolute Gasteiger partial charge is 0.233 e. The molecule has 2 fully saturated rings. The monoisotopic (exact) mass is 369 g/mol. The Hall–Kier alpha value is -1.60. The van der Waals surface area contributed by atoms with Gasteiger partial charge in [0.05, 0.1) is 23.3 Å². The van der Waals surface area contributed by atoms with Crippen molar-refractivity contribution in [3.8, 4) is 11.3 Å². The average molecular weight is 370 g/mol. The van der Waals surface area contributed by atoms with Crippen LogP contribution in [0.3, 0.4) is 0 Å². The van der Waals surface area contributed by atoms with Crippen LogP contribution in [0, 0.1) is 11.7 Å². The summed E-state index contributed by atoms with van der Waals surface area (Å²) in [6.07, 6.45) is 5.53. The van der Waals surface area contributed by atoms with E-state index in [1.54, 1.807) is 6.20 Å². The fourth-order valence-electron chi connectivity index (χ4n) is 2.70. The Morgan fingerprint density at radius 3 is 2.71 bits per heavy atom. The van der Waals surface area contributed by atoms with E-state index in [0.717, 1.165) is 31.5 Å². The number of imidazole rings is 1. The lowest BCUT2D eigenvalue weighted by Gasteiger charge is -2.11. The third-order valence-corrected chi connectivity index (χ3v) is 5.96. The number of nitrogens with one attached hydrogen (secondary N) is 2. The number of aromatic nitrogens is 2. The van der Waals surface area contributed by atoms with Crippen molar-refractivity contribution in [1.29, 1.82) is 0 Å². The van der Waals surface area contributed by atoms with Gasteiger partial charge in [0.25, 0.3) is 0 Å². The first-order valence-corrected chi connectivity index (χ1v) is 9.99. The van der Waals surface area contributed by atoms with E-state index in [1.165, 1.54) is 12.1 Å². The summed E-state index contributed by atoms with van der Waals surface area (Å²) < 4.78 is 41.4. The fraction of sp³-hybridized carbons (Fsp3) is 0.438. The highest BCUT2D eigenvalue weighted by molar-refractivity contribution is 7.92. The SMILES string of the molecule is O=S(=O)(CC1CC1)Nc1cc(Cl)cc(-c2cnc(C3CC3)[nH]2)c1F. The number of hydrogen-bond donors (Lipinski definition) is 2. The molecule has 8 heteroatoms. The minimum Gasteiger partial charge on any atom is -0.342 e. The Morgan fingerprint density at radius 2 is 2.04 bits per heavy atom. The molecule has 2 aliphatic rings. The Balaban J connectivity index is 1.66. The normalized spacial score (nSPS) is 17.9. The quantitative estimate of drug-likeness (QED) is 0.810. The molecule has 0 bridgehead atoms. The van der Waals surface area contributed by atoms with Crippen molar-refractivity contribution in [2.45, 2.75) is 31.6 Å². The minimum atomic E-state index is -3.58. The number of rotatable bonds is 6. The Bertz CT molecular complexity index is 889. The van der Waals surface area contributed by atoms with Crippen molar-refractivity contribution >= 4 is 27.3 Å². The lowest BCUT2D eigenvalue weighted by Crippen LogP contribution is -2.18. The zero-order valence-corrected chi connectivity index (χ0v) is 14.4. The summed E-state index contributed by atoms with van der Waals surface area (Å²) in [6, 6.07) is 2.77. The standard InChI is InChI=1S/C16H17ClFN3O2S/c17-11-5-12(14-7-19-16(20-14)10-3-4-10)15(18)13(6-11)21-24(22,23)8-9-1-2-9/h5-7,9-10,21H,1-4,8H2,(H,19,20). The zero-order valence-electron chi connectivity index (χ0n) is 12.9. The summed E-state index contributed by atoms with van der Waals surface area (Å²) in [5, 5.41) is 0.262. The van der Waals surface area contributed by atoms with E-state index in [9.17, 15) is 12.8 Å². The van der Waals surface area contributed by atoms with Crippen LogP contribution >= 0.6 is 11.6 Å². The first kappa shape index (κ1) is 15.9. The van der Waals surface area contributed by atoms with Crippen molar-refractivity contribution < 1.29 is 12.8 Å². The first-order chi connectivity index (χ1) is 11.4. The van der Waals surface area contributed by atoms with E-state index in [1.807, 2.05) is 0 Å². The van der Waals surface area contributed by atoms with Gasteiger partial charge in [0, 0.05) is 16.5 Å². The molecular formula is C16H17ClFN3O2S.